The Hall–Kier alpha value is -2.58. The summed E-state index contributed by atoms with van der Waals surface area (Å²) >= 11 is 0. The number of rotatable bonds is 7. The number of piperidine rings is 1. The summed E-state index contributed by atoms with van der Waals surface area (Å²) in [6.07, 6.45) is 6.14. The molecular formula is C34H42F3N2O3+. The van der Waals surface area contributed by atoms with Gasteiger partial charge in [-0.15, -0.1) is 0 Å². The molecule has 1 aromatic rings. The minimum Gasteiger partial charge on any atom is -0.508 e. The van der Waals surface area contributed by atoms with Gasteiger partial charge in [-0.3, -0.25) is 4.79 Å². The van der Waals surface area contributed by atoms with Gasteiger partial charge in [0.2, 0.25) is 0 Å². The molecule has 0 radical (unpaired) electrons. The molecule has 6 aliphatic rings. The highest BCUT2D eigenvalue weighted by Gasteiger charge is 2.76. The van der Waals surface area contributed by atoms with Crippen molar-refractivity contribution < 1.29 is 32.3 Å². The fraction of sp³-hybridized carbons (Fsp3) is 0.618. The molecule has 1 aromatic carbocycles. The molecule has 7 rings (SSSR count). The van der Waals surface area contributed by atoms with Gasteiger partial charge < -0.3 is 19.6 Å². The zero-order chi connectivity index (χ0) is 29.5. The van der Waals surface area contributed by atoms with Crippen molar-refractivity contribution in [3.8, 4) is 0 Å². The minimum atomic E-state index is -4.85. The summed E-state index contributed by atoms with van der Waals surface area (Å²) in [4.78, 5) is 13.6. The maximum Gasteiger partial charge on any atom is 0.421 e. The third-order valence-electron chi connectivity index (χ3n) is 11.3. The van der Waals surface area contributed by atoms with E-state index in [0.717, 1.165) is 60.8 Å². The zero-order valence-electron chi connectivity index (χ0n) is 24.5. The Kier molecular flexibility index (Phi) is 6.52. The number of halogens is 3. The van der Waals surface area contributed by atoms with Gasteiger partial charge in [0.05, 0.1) is 31.8 Å². The third-order valence-corrected chi connectivity index (χ3v) is 11.3. The van der Waals surface area contributed by atoms with Crippen LogP contribution in [0.5, 0.6) is 0 Å². The second-order valence-electron chi connectivity index (χ2n) is 14.3. The summed E-state index contributed by atoms with van der Waals surface area (Å²) in [5.41, 5.74) is -1.81. The van der Waals surface area contributed by atoms with Gasteiger partial charge in [0.25, 0.3) is 5.91 Å². The molecule has 1 amide bonds. The van der Waals surface area contributed by atoms with E-state index in [1.165, 1.54) is 19.4 Å². The molecule has 226 valence electrons. The number of carbonyl (C=O) groups excluding carboxylic acids is 1. The van der Waals surface area contributed by atoms with Crippen LogP contribution in [0.3, 0.4) is 0 Å². The second kappa shape index (κ2) is 9.71. The Bertz CT molecular complexity index is 1340. The number of nitrogens with one attached hydrogen (secondary N) is 1. The average molecular weight is 584 g/mol. The summed E-state index contributed by atoms with van der Waals surface area (Å²) in [7, 11) is 0. The van der Waals surface area contributed by atoms with Gasteiger partial charge in [-0.2, -0.15) is 13.2 Å². The van der Waals surface area contributed by atoms with Crippen molar-refractivity contribution >= 4 is 12.0 Å². The molecule has 2 bridgehead atoms. The number of allylic oxidation sites excluding steroid dienone is 1. The van der Waals surface area contributed by atoms with Crippen LogP contribution < -0.4 is 5.32 Å². The molecule has 3 saturated carbocycles. The molecule has 1 spiro atoms. The molecule has 4 aliphatic carbocycles. The molecule has 5 fully saturated rings. The van der Waals surface area contributed by atoms with Gasteiger partial charge in [-0.1, -0.05) is 50.6 Å². The monoisotopic (exact) mass is 583 g/mol. The van der Waals surface area contributed by atoms with Crippen LogP contribution in [0.25, 0.3) is 6.08 Å². The van der Waals surface area contributed by atoms with E-state index < -0.39 is 23.4 Å². The molecule has 8 heteroatoms. The number of nitrogens with zero attached hydrogens (tertiary/aromatic N) is 1. The Morgan fingerprint density at radius 2 is 1.95 bits per heavy atom. The van der Waals surface area contributed by atoms with Gasteiger partial charge in [0, 0.05) is 41.9 Å². The smallest absolute Gasteiger partial charge is 0.421 e. The number of likely N-dealkylation sites (tertiary alicyclic amines) is 1. The second-order valence-corrected chi connectivity index (χ2v) is 14.3. The van der Waals surface area contributed by atoms with E-state index in [4.69, 9.17) is 4.74 Å². The molecule has 2 N–H and O–H groups in total. The first-order chi connectivity index (χ1) is 20.0. The molecule has 0 aromatic heterocycles. The Balaban J connectivity index is 1.29. The Morgan fingerprint density at radius 3 is 2.64 bits per heavy atom. The number of aliphatic hydroxyl groups excluding tert-OH is 1. The molecule has 7 atom stereocenters. The van der Waals surface area contributed by atoms with Crippen LogP contribution in [-0.2, 0) is 9.53 Å². The molecule has 5 nitrogen and oxygen atoms in total. The number of alkyl halides is 3. The van der Waals surface area contributed by atoms with Gasteiger partial charge in [0.15, 0.2) is 5.72 Å². The van der Waals surface area contributed by atoms with Gasteiger partial charge >= 0.3 is 6.18 Å². The number of amides is 1. The summed E-state index contributed by atoms with van der Waals surface area (Å²) in [6, 6.07) is 8.46. The molecule has 42 heavy (non-hydrogen) atoms. The summed E-state index contributed by atoms with van der Waals surface area (Å²) in [6.45, 7) is 7.90. The molecule has 2 aliphatic heterocycles. The first-order valence-corrected chi connectivity index (χ1v) is 15.8. The average Bonchev–Trinajstić information content (AvgIpc) is 3.70. The Labute approximate surface area is 246 Å². The SMILES string of the molecule is CC(C)C[N+]1(CC2CC2)CC[C@]23C4C5=C(O)C=CC4(NC(=O)C(=Cc4ccccc4)C(F)(F)F)O[C@H]2CCC[C@H]3[C@H]1C5. The van der Waals surface area contributed by atoms with Crippen molar-refractivity contribution in [2.75, 3.05) is 19.6 Å². The van der Waals surface area contributed by atoms with Crippen molar-refractivity contribution in [2.24, 2.45) is 29.1 Å². The van der Waals surface area contributed by atoms with Crippen LogP contribution in [-0.4, -0.2) is 59.2 Å². The number of hydrogen-bond acceptors (Lipinski definition) is 3. The molecule has 2 saturated heterocycles. The highest BCUT2D eigenvalue weighted by molar-refractivity contribution is 5.99. The first kappa shape index (κ1) is 28.2. The Morgan fingerprint density at radius 1 is 1.19 bits per heavy atom. The highest BCUT2D eigenvalue weighted by atomic mass is 19.4. The number of benzene rings is 1. The summed E-state index contributed by atoms with van der Waals surface area (Å²) in [5, 5.41) is 14.1. The van der Waals surface area contributed by atoms with Gasteiger partial charge in [-0.25, -0.2) is 0 Å². The van der Waals surface area contributed by atoms with E-state index in [0.29, 0.717) is 29.9 Å². The molecule has 2 heterocycles. The van der Waals surface area contributed by atoms with Gasteiger partial charge in [0.1, 0.15) is 11.3 Å². The van der Waals surface area contributed by atoms with Crippen LogP contribution in [0, 0.1) is 29.1 Å². The van der Waals surface area contributed by atoms with Crippen LogP contribution >= 0.6 is 0 Å². The van der Waals surface area contributed by atoms with Gasteiger partial charge in [-0.05, 0) is 55.0 Å². The van der Waals surface area contributed by atoms with Crippen molar-refractivity contribution in [3.63, 3.8) is 0 Å². The van der Waals surface area contributed by atoms with Crippen LogP contribution in [0.2, 0.25) is 0 Å². The van der Waals surface area contributed by atoms with E-state index >= 15 is 0 Å². The number of aliphatic hydroxyl groups is 1. The maximum atomic E-state index is 14.3. The zero-order valence-corrected chi connectivity index (χ0v) is 24.5. The number of hydrogen-bond donors (Lipinski definition) is 2. The van der Waals surface area contributed by atoms with Crippen LogP contribution in [0.1, 0.15) is 64.4 Å². The van der Waals surface area contributed by atoms with E-state index in [9.17, 15) is 23.1 Å². The number of quaternary nitrogens is 1. The van der Waals surface area contributed by atoms with Crippen LogP contribution in [0.15, 0.2) is 59.4 Å². The van der Waals surface area contributed by atoms with Crippen molar-refractivity contribution in [3.05, 3.63) is 65.0 Å². The van der Waals surface area contributed by atoms with Crippen molar-refractivity contribution in [1.29, 1.82) is 0 Å². The number of ether oxygens (including phenoxy) is 1. The van der Waals surface area contributed by atoms with Crippen molar-refractivity contribution in [2.45, 2.75) is 82.8 Å². The molecular weight excluding hydrogens is 541 g/mol. The summed E-state index contributed by atoms with van der Waals surface area (Å²) in [5.74, 6) is 0.280. The third kappa shape index (κ3) is 4.30. The normalized spacial score (nSPS) is 39.0. The maximum absolute atomic E-state index is 14.3. The standard InChI is InChI=1S/C34H41F3N2O3/c1-21(2)19-39(20-23-11-12-23)16-15-32-25-9-6-10-29(32)42-33(14-13-28(40)24(30(32)33)18-27(25)39)38-31(41)26(34(35,36)37)17-22-7-4-3-5-8-22/h3-5,7-8,13-14,17,21,23,25,27,29-30H,6,9-12,15-16,18-20H2,1-2H3,(H-,38,40,41)/p+1/t25-,27+,29-,30?,32+,33?,39?/m0/s1. The predicted octanol–water partition coefficient (Wildman–Crippen LogP) is 6.69. The summed E-state index contributed by atoms with van der Waals surface area (Å²) < 4.78 is 50.9. The fourth-order valence-corrected chi connectivity index (χ4v) is 9.99. The first-order valence-electron chi connectivity index (χ1n) is 15.8. The topological polar surface area (TPSA) is 58.6 Å². The van der Waals surface area contributed by atoms with E-state index in [1.54, 1.807) is 42.5 Å². The molecule has 3 unspecified atom stereocenters. The quantitative estimate of drug-likeness (QED) is 0.278. The van der Waals surface area contributed by atoms with Crippen molar-refractivity contribution in [1.82, 2.24) is 5.32 Å². The lowest BCUT2D eigenvalue weighted by atomic mass is 9.46. The largest absolute Gasteiger partial charge is 0.508 e. The van der Waals surface area contributed by atoms with E-state index in [2.05, 4.69) is 19.2 Å². The lowest BCUT2D eigenvalue weighted by Crippen LogP contribution is -2.73. The van der Waals surface area contributed by atoms with E-state index in [1.807, 2.05) is 0 Å². The fourth-order valence-electron chi connectivity index (χ4n) is 9.99. The predicted molar refractivity (Wildman–Crippen MR) is 154 cm³/mol. The minimum absolute atomic E-state index is 0.176. The van der Waals surface area contributed by atoms with E-state index in [-0.39, 0.29) is 23.2 Å². The van der Waals surface area contributed by atoms with Crippen LogP contribution in [0.4, 0.5) is 13.2 Å². The lowest BCUT2D eigenvalue weighted by Gasteiger charge is -2.65. The lowest BCUT2D eigenvalue weighted by molar-refractivity contribution is -0.968. The highest BCUT2D eigenvalue weighted by Crippen LogP contribution is 2.70. The number of carbonyl (C=O) groups is 1.